The van der Waals surface area contributed by atoms with Gasteiger partial charge in [-0.1, -0.05) is 224 Å². The van der Waals surface area contributed by atoms with Crippen molar-refractivity contribution in [2.45, 2.75) is 0 Å². The Hall–Kier alpha value is -8.26. The Morgan fingerprint density at radius 2 is 0.603 bits per heavy atom. The number of benzene rings is 12. The highest BCUT2D eigenvalue weighted by atomic mass is 16.3. The lowest BCUT2D eigenvalue weighted by atomic mass is 9.84. The first-order valence-corrected chi connectivity index (χ1v) is 21.8. The van der Waals surface area contributed by atoms with Crippen molar-refractivity contribution in [1.82, 2.24) is 0 Å². The van der Waals surface area contributed by atoms with Crippen LogP contribution in [0.25, 0.3) is 131 Å². The van der Waals surface area contributed by atoms with Crippen molar-refractivity contribution in [2.75, 3.05) is 0 Å². The number of rotatable bonds is 5. The number of hydrogen-bond donors (Lipinski definition) is 0. The van der Waals surface area contributed by atoms with Gasteiger partial charge in [-0.3, -0.25) is 0 Å². The van der Waals surface area contributed by atoms with E-state index in [1.54, 1.807) is 0 Å². The van der Waals surface area contributed by atoms with Crippen LogP contribution in [-0.2, 0) is 0 Å². The molecule has 1 aromatic heterocycles. The molecule has 0 atom stereocenters. The van der Waals surface area contributed by atoms with Crippen LogP contribution in [0.4, 0.5) is 0 Å². The Kier molecular flexibility index (Phi) is 7.98. The summed E-state index contributed by atoms with van der Waals surface area (Å²) < 4.78 is 7.12. The second kappa shape index (κ2) is 14.2. The molecule has 1 heterocycles. The van der Waals surface area contributed by atoms with Crippen LogP contribution < -0.4 is 0 Å². The third-order valence-corrected chi connectivity index (χ3v) is 13.3. The molecule has 0 aliphatic heterocycles. The second-order valence-electron chi connectivity index (χ2n) is 16.6. The Morgan fingerprint density at radius 1 is 0.222 bits per heavy atom. The molecule has 0 unspecified atom stereocenters. The van der Waals surface area contributed by atoms with Gasteiger partial charge in [0, 0.05) is 21.9 Å². The number of para-hydroxylation sites is 1. The van der Waals surface area contributed by atoms with Gasteiger partial charge in [-0.05, 0) is 104 Å². The van der Waals surface area contributed by atoms with E-state index in [0.717, 1.165) is 27.5 Å². The smallest absolute Gasteiger partial charge is 0.143 e. The van der Waals surface area contributed by atoms with Gasteiger partial charge in [0.2, 0.25) is 0 Å². The number of furan rings is 1. The third-order valence-electron chi connectivity index (χ3n) is 13.3. The fraction of sp³-hybridized carbons (Fsp3) is 0. The number of fused-ring (bicyclic) bond motifs is 8. The highest BCUT2D eigenvalue weighted by molar-refractivity contribution is 6.28. The summed E-state index contributed by atoms with van der Waals surface area (Å²) in [6.07, 6.45) is 0. The van der Waals surface area contributed by atoms with Crippen LogP contribution >= 0.6 is 0 Å². The maximum Gasteiger partial charge on any atom is 0.143 e. The van der Waals surface area contributed by atoms with Gasteiger partial charge in [-0.15, -0.1) is 0 Å². The van der Waals surface area contributed by atoms with E-state index in [1.807, 2.05) is 0 Å². The molecule has 0 fully saturated rings. The van der Waals surface area contributed by atoms with Crippen LogP contribution in [0.5, 0.6) is 0 Å². The molecular weight excluding hydrogens is 761 g/mol. The first kappa shape index (κ1) is 35.5. The van der Waals surface area contributed by atoms with Gasteiger partial charge < -0.3 is 4.42 Å². The van der Waals surface area contributed by atoms with E-state index in [2.05, 4.69) is 231 Å². The summed E-state index contributed by atoms with van der Waals surface area (Å²) in [6.45, 7) is 0. The summed E-state index contributed by atoms with van der Waals surface area (Å²) in [4.78, 5) is 0. The quantitative estimate of drug-likeness (QED) is 0.158. The minimum Gasteiger partial charge on any atom is -0.455 e. The standard InChI is InChI=1S/C62H38O/c1-2-18-41(19-3-1)57-45-22-6-10-26-49(45)59(50-27-11-7-23-46(50)57)53-31-16-34-56-61(53)55-33-15-32-54(62(55)63-56)60-51-28-12-8-24-47(51)58(48-25-9-13-29-52(48)60)42-37-35-40(36-38-42)44-30-14-20-39-17-4-5-21-43(39)44/h1-38H. The van der Waals surface area contributed by atoms with Gasteiger partial charge in [0.25, 0.3) is 0 Å². The molecule has 0 aliphatic rings. The summed E-state index contributed by atoms with van der Waals surface area (Å²) in [7, 11) is 0. The molecule has 0 spiro atoms. The van der Waals surface area contributed by atoms with Crippen molar-refractivity contribution >= 4 is 75.8 Å². The first-order chi connectivity index (χ1) is 31.3. The van der Waals surface area contributed by atoms with Crippen molar-refractivity contribution in [3.63, 3.8) is 0 Å². The second-order valence-corrected chi connectivity index (χ2v) is 16.6. The average Bonchev–Trinajstić information content (AvgIpc) is 3.75. The molecule has 12 aromatic carbocycles. The number of hydrogen-bond acceptors (Lipinski definition) is 1. The maximum atomic E-state index is 7.12. The summed E-state index contributed by atoms with van der Waals surface area (Å²) in [5, 5.41) is 14.5. The zero-order valence-corrected chi connectivity index (χ0v) is 34.3. The Morgan fingerprint density at radius 3 is 1.19 bits per heavy atom. The van der Waals surface area contributed by atoms with Crippen LogP contribution in [0.2, 0.25) is 0 Å². The summed E-state index contributed by atoms with van der Waals surface area (Å²) in [5.41, 5.74) is 13.8. The summed E-state index contributed by atoms with van der Waals surface area (Å²) in [6, 6.07) is 84.0. The van der Waals surface area contributed by atoms with Gasteiger partial charge in [-0.2, -0.15) is 0 Å². The average molecular weight is 799 g/mol. The molecule has 0 aliphatic carbocycles. The lowest BCUT2D eigenvalue weighted by Gasteiger charge is -2.18. The van der Waals surface area contributed by atoms with E-state index in [-0.39, 0.29) is 0 Å². The summed E-state index contributed by atoms with van der Waals surface area (Å²) >= 11 is 0. The Labute approximate surface area is 364 Å². The SMILES string of the molecule is c1ccc(-c2c3ccccc3c(-c3cccc4oc5c(-c6c7ccccc7c(-c7ccc(-c8cccc9ccccc89)cc7)c7ccccc67)cccc5c34)c3ccccc23)cc1. The molecule has 0 radical (unpaired) electrons. The first-order valence-electron chi connectivity index (χ1n) is 21.8. The lowest BCUT2D eigenvalue weighted by Crippen LogP contribution is -1.91. The van der Waals surface area contributed by atoms with Gasteiger partial charge in [-0.25, -0.2) is 0 Å². The van der Waals surface area contributed by atoms with Gasteiger partial charge in [0.15, 0.2) is 0 Å². The normalized spacial score (nSPS) is 11.8. The monoisotopic (exact) mass is 798 g/mol. The van der Waals surface area contributed by atoms with Crippen molar-refractivity contribution in [1.29, 1.82) is 0 Å². The van der Waals surface area contributed by atoms with E-state index in [1.165, 1.54) is 104 Å². The van der Waals surface area contributed by atoms with Gasteiger partial charge >= 0.3 is 0 Å². The molecule has 0 bridgehead atoms. The van der Waals surface area contributed by atoms with Crippen molar-refractivity contribution in [2.24, 2.45) is 0 Å². The predicted molar refractivity (Wildman–Crippen MR) is 268 cm³/mol. The lowest BCUT2D eigenvalue weighted by molar-refractivity contribution is 0.670. The van der Waals surface area contributed by atoms with Crippen molar-refractivity contribution in [3.8, 4) is 55.6 Å². The minimum absolute atomic E-state index is 0.881. The fourth-order valence-corrected chi connectivity index (χ4v) is 10.6. The Balaban J connectivity index is 1.04. The van der Waals surface area contributed by atoms with Gasteiger partial charge in [0.1, 0.15) is 11.2 Å². The van der Waals surface area contributed by atoms with Crippen LogP contribution in [0, 0.1) is 0 Å². The Bertz CT molecular complexity index is 3830. The maximum absolute atomic E-state index is 7.12. The summed E-state index contributed by atoms with van der Waals surface area (Å²) in [5.74, 6) is 0. The van der Waals surface area contributed by atoms with Crippen molar-refractivity contribution in [3.05, 3.63) is 231 Å². The van der Waals surface area contributed by atoms with Crippen LogP contribution in [-0.4, -0.2) is 0 Å². The predicted octanol–water partition coefficient (Wildman–Crippen LogP) is 17.7. The van der Waals surface area contributed by atoms with E-state index in [0.29, 0.717) is 0 Å². The third kappa shape index (κ3) is 5.43. The molecule has 0 saturated carbocycles. The molecule has 0 N–H and O–H groups in total. The van der Waals surface area contributed by atoms with E-state index >= 15 is 0 Å². The molecule has 1 heteroatoms. The highest BCUT2D eigenvalue weighted by Gasteiger charge is 2.23. The molecule has 63 heavy (non-hydrogen) atoms. The molecule has 0 amide bonds. The molecule has 292 valence electrons. The largest absolute Gasteiger partial charge is 0.455 e. The van der Waals surface area contributed by atoms with Gasteiger partial charge in [0.05, 0.1) is 0 Å². The van der Waals surface area contributed by atoms with Crippen LogP contribution in [0.1, 0.15) is 0 Å². The van der Waals surface area contributed by atoms with Crippen molar-refractivity contribution < 1.29 is 4.42 Å². The zero-order valence-electron chi connectivity index (χ0n) is 34.3. The molecule has 13 aromatic rings. The zero-order chi connectivity index (χ0) is 41.4. The fourth-order valence-electron chi connectivity index (χ4n) is 10.6. The van der Waals surface area contributed by atoms with E-state index in [9.17, 15) is 0 Å². The van der Waals surface area contributed by atoms with E-state index in [4.69, 9.17) is 4.42 Å². The molecule has 13 rings (SSSR count). The molecule has 0 saturated heterocycles. The van der Waals surface area contributed by atoms with E-state index < -0.39 is 0 Å². The van der Waals surface area contributed by atoms with Crippen LogP contribution in [0.3, 0.4) is 0 Å². The molecular formula is C62H38O. The highest BCUT2D eigenvalue weighted by Crippen LogP contribution is 2.50. The topological polar surface area (TPSA) is 13.1 Å². The molecule has 1 nitrogen and oxygen atoms in total. The minimum atomic E-state index is 0.881. The van der Waals surface area contributed by atoms with Crippen LogP contribution in [0.15, 0.2) is 235 Å².